The number of primary amides is 1. The second-order valence-electron chi connectivity index (χ2n) is 3.23. The Bertz CT molecular complexity index is 543. The summed E-state index contributed by atoms with van der Waals surface area (Å²) in [5, 5.41) is 0. The molecular formula is C12H9NO3. The van der Waals surface area contributed by atoms with Crippen LogP contribution in [0.5, 0.6) is 0 Å². The Labute approximate surface area is 91.7 Å². The van der Waals surface area contributed by atoms with Gasteiger partial charge in [-0.1, -0.05) is 18.2 Å². The predicted octanol–water partition coefficient (Wildman–Crippen LogP) is 1.86. The lowest BCUT2D eigenvalue weighted by molar-refractivity contribution is 0.100. The van der Waals surface area contributed by atoms with Gasteiger partial charge in [0.15, 0.2) is 12.0 Å². The molecule has 0 aliphatic heterocycles. The molecule has 0 unspecified atom stereocenters. The summed E-state index contributed by atoms with van der Waals surface area (Å²) in [6.07, 6.45) is 0.608. The number of furan rings is 1. The van der Waals surface area contributed by atoms with Crippen LogP contribution in [0.2, 0.25) is 0 Å². The van der Waals surface area contributed by atoms with E-state index in [2.05, 4.69) is 0 Å². The minimum atomic E-state index is -0.528. The summed E-state index contributed by atoms with van der Waals surface area (Å²) in [6, 6.07) is 9.98. The second-order valence-corrected chi connectivity index (χ2v) is 3.23. The first kappa shape index (κ1) is 10.2. The van der Waals surface area contributed by atoms with Crippen LogP contribution in [0.25, 0.3) is 11.3 Å². The smallest absolute Gasteiger partial charge is 0.249 e. The van der Waals surface area contributed by atoms with Crippen molar-refractivity contribution in [3.63, 3.8) is 0 Å². The standard InChI is InChI=1S/C12H9NO3/c13-12(15)10-4-2-1-3-9(10)11-6-5-8(7-14)16-11/h1-7H,(H2,13,15). The number of aldehydes is 1. The summed E-state index contributed by atoms with van der Waals surface area (Å²) in [6.45, 7) is 0. The fourth-order valence-corrected chi connectivity index (χ4v) is 1.47. The molecule has 0 bridgehead atoms. The van der Waals surface area contributed by atoms with Gasteiger partial charge < -0.3 is 10.2 Å². The third-order valence-corrected chi connectivity index (χ3v) is 2.20. The molecule has 4 nitrogen and oxygen atoms in total. The van der Waals surface area contributed by atoms with E-state index in [1.807, 2.05) is 0 Å². The van der Waals surface area contributed by atoms with Gasteiger partial charge in [-0.15, -0.1) is 0 Å². The van der Waals surface area contributed by atoms with E-state index in [4.69, 9.17) is 10.2 Å². The average Bonchev–Trinajstić information content (AvgIpc) is 2.77. The van der Waals surface area contributed by atoms with Gasteiger partial charge in [0.25, 0.3) is 0 Å². The molecule has 0 aliphatic rings. The van der Waals surface area contributed by atoms with E-state index in [0.717, 1.165) is 0 Å². The lowest BCUT2D eigenvalue weighted by Crippen LogP contribution is -2.11. The molecule has 2 rings (SSSR count). The summed E-state index contributed by atoms with van der Waals surface area (Å²) >= 11 is 0. The zero-order chi connectivity index (χ0) is 11.5. The number of benzene rings is 1. The molecule has 1 amide bonds. The van der Waals surface area contributed by atoms with Crippen LogP contribution in [0, 0.1) is 0 Å². The maximum atomic E-state index is 11.2. The van der Waals surface area contributed by atoms with Crippen LogP contribution >= 0.6 is 0 Å². The van der Waals surface area contributed by atoms with Crippen molar-refractivity contribution in [2.24, 2.45) is 5.73 Å². The van der Waals surface area contributed by atoms with Gasteiger partial charge in [0.1, 0.15) is 5.76 Å². The highest BCUT2D eigenvalue weighted by Crippen LogP contribution is 2.24. The number of nitrogens with two attached hydrogens (primary N) is 1. The van der Waals surface area contributed by atoms with Gasteiger partial charge in [-0.2, -0.15) is 0 Å². The van der Waals surface area contributed by atoms with Crippen molar-refractivity contribution >= 4 is 12.2 Å². The molecule has 0 saturated heterocycles. The molecule has 1 heterocycles. The molecule has 4 heteroatoms. The summed E-state index contributed by atoms with van der Waals surface area (Å²) in [5.41, 5.74) is 6.20. The van der Waals surface area contributed by atoms with Crippen molar-refractivity contribution < 1.29 is 14.0 Å². The first-order chi connectivity index (χ1) is 7.72. The maximum Gasteiger partial charge on any atom is 0.249 e. The summed E-state index contributed by atoms with van der Waals surface area (Å²) in [5.74, 6) is 0.144. The first-order valence-electron chi connectivity index (χ1n) is 4.66. The van der Waals surface area contributed by atoms with Crippen LogP contribution in [-0.4, -0.2) is 12.2 Å². The van der Waals surface area contributed by atoms with Gasteiger partial charge in [0.2, 0.25) is 5.91 Å². The van der Waals surface area contributed by atoms with Gasteiger partial charge >= 0.3 is 0 Å². The van der Waals surface area contributed by atoms with Gasteiger partial charge in [-0.05, 0) is 18.2 Å². The zero-order valence-electron chi connectivity index (χ0n) is 8.34. The second kappa shape index (κ2) is 4.02. The minimum Gasteiger partial charge on any atom is -0.453 e. The van der Waals surface area contributed by atoms with Crippen molar-refractivity contribution in [2.45, 2.75) is 0 Å². The zero-order valence-corrected chi connectivity index (χ0v) is 8.34. The molecule has 2 aromatic rings. The van der Waals surface area contributed by atoms with E-state index < -0.39 is 5.91 Å². The minimum absolute atomic E-state index is 0.217. The highest BCUT2D eigenvalue weighted by atomic mass is 16.3. The molecule has 0 aliphatic carbocycles. The van der Waals surface area contributed by atoms with E-state index in [1.54, 1.807) is 36.4 Å². The average molecular weight is 215 g/mol. The predicted molar refractivity (Wildman–Crippen MR) is 58.0 cm³/mol. The number of rotatable bonds is 3. The summed E-state index contributed by atoms with van der Waals surface area (Å²) < 4.78 is 5.23. The van der Waals surface area contributed by atoms with Crippen molar-refractivity contribution in [3.8, 4) is 11.3 Å². The molecule has 0 radical (unpaired) electrons. The SMILES string of the molecule is NC(=O)c1ccccc1-c1ccc(C=O)o1. The van der Waals surface area contributed by atoms with E-state index >= 15 is 0 Å². The topological polar surface area (TPSA) is 73.3 Å². The number of hydrogen-bond donors (Lipinski definition) is 1. The van der Waals surface area contributed by atoms with E-state index in [9.17, 15) is 9.59 Å². The maximum absolute atomic E-state index is 11.2. The molecule has 1 aromatic heterocycles. The molecule has 0 saturated carbocycles. The summed E-state index contributed by atoms with van der Waals surface area (Å²) in [7, 11) is 0. The molecule has 16 heavy (non-hydrogen) atoms. The fourth-order valence-electron chi connectivity index (χ4n) is 1.47. The number of amides is 1. The van der Waals surface area contributed by atoms with Crippen LogP contribution < -0.4 is 5.73 Å². The van der Waals surface area contributed by atoms with Crippen molar-refractivity contribution in [3.05, 3.63) is 47.7 Å². The molecule has 0 atom stereocenters. The Morgan fingerprint density at radius 3 is 2.56 bits per heavy atom. The number of carbonyl (C=O) groups excluding carboxylic acids is 2. The lowest BCUT2D eigenvalue weighted by atomic mass is 10.1. The Morgan fingerprint density at radius 2 is 1.94 bits per heavy atom. The Kier molecular flexibility index (Phi) is 2.55. The van der Waals surface area contributed by atoms with Crippen LogP contribution in [0.15, 0.2) is 40.8 Å². The van der Waals surface area contributed by atoms with Crippen LogP contribution in [-0.2, 0) is 0 Å². The highest BCUT2D eigenvalue weighted by molar-refractivity contribution is 5.99. The fraction of sp³-hybridized carbons (Fsp3) is 0. The van der Waals surface area contributed by atoms with Gasteiger partial charge in [-0.3, -0.25) is 9.59 Å². The quantitative estimate of drug-likeness (QED) is 0.794. The lowest BCUT2D eigenvalue weighted by Gasteiger charge is -2.02. The van der Waals surface area contributed by atoms with Crippen molar-refractivity contribution in [2.75, 3.05) is 0 Å². The monoisotopic (exact) mass is 215 g/mol. The number of hydrogen-bond acceptors (Lipinski definition) is 3. The van der Waals surface area contributed by atoms with Crippen molar-refractivity contribution in [1.29, 1.82) is 0 Å². The first-order valence-corrected chi connectivity index (χ1v) is 4.66. The van der Waals surface area contributed by atoms with E-state index in [1.165, 1.54) is 0 Å². The molecule has 2 N–H and O–H groups in total. The number of carbonyl (C=O) groups is 2. The van der Waals surface area contributed by atoms with Crippen LogP contribution in [0.3, 0.4) is 0 Å². The van der Waals surface area contributed by atoms with E-state index in [-0.39, 0.29) is 5.76 Å². The third-order valence-electron chi connectivity index (χ3n) is 2.20. The Balaban J connectivity index is 2.54. The normalized spacial score (nSPS) is 10.0. The molecule has 0 fully saturated rings. The molecule has 1 aromatic carbocycles. The Morgan fingerprint density at radius 1 is 1.19 bits per heavy atom. The molecular weight excluding hydrogens is 206 g/mol. The third kappa shape index (κ3) is 1.72. The van der Waals surface area contributed by atoms with Gasteiger partial charge in [-0.25, -0.2) is 0 Å². The Hall–Kier alpha value is -2.36. The van der Waals surface area contributed by atoms with Gasteiger partial charge in [0.05, 0.1) is 5.56 Å². The van der Waals surface area contributed by atoms with E-state index in [0.29, 0.717) is 23.2 Å². The van der Waals surface area contributed by atoms with Crippen molar-refractivity contribution in [1.82, 2.24) is 0 Å². The molecule has 80 valence electrons. The van der Waals surface area contributed by atoms with Gasteiger partial charge in [0, 0.05) is 5.56 Å². The van der Waals surface area contributed by atoms with Crippen LogP contribution in [0.4, 0.5) is 0 Å². The molecule has 0 spiro atoms. The largest absolute Gasteiger partial charge is 0.453 e. The highest BCUT2D eigenvalue weighted by Gasteiger charge is 2.12. The van der Waals surface area contributed by atoms with Crippen LogP contribution in [0.1, 0.15) is 20.9 Å². The summed E-state index contributed by atoms with van der Waals surface area (Å²) in [4.78, 5) is 21.7.